The summed E-state index contributed by atoms with van der Waals surface area (Å²) >= 11 is 4.57. The van der Waals surface area contributed by atoms with E-state index in [2.05, 4.69) is 22.3 Å². The molecule has 0 radical (unpaired) electrons. The van der Waals surface area contributed by atoms with Crippen LogP contribution < -0.4 is 0 Å². The van der Waals surface area contributed by atoms with Crippen LogP contribution in [0.4, 0.5) is 0 Å². The predicted molar refractivity (Wildman–Crippen MR) is 72.8 cm³/mol. The van der Waals surface area contributed by atoms with Crippen molar-refractivity contribution in [3.63, 3.8) is 0 Å². The summed E-state index contributed by atoms with van der Waals surface area (Å²) in [5.41, 5.74) is 2.63. The first kappa shape index (κ1) is 12.6. The van der Waals surface area contributed by atoms with Gasteiger partial charge in [-0.2, -0.15) is 12.6 Å². The molecule has 0 spiro atoms. The van der Waals surface area contributed by atoms with Gasteiger partial charge in [0.1, 0.15) is 0 Å². The molecule has 2 rings (SSSR count). The van der Waals surface area contributed by atoms with Gasteiger partial charge in [-0.15, -0.1) is 0 Å². The van der Waals surface area contributed by atoms with Gasteiger partial charge < -0.3 is 4.74 Å². The zero-order chi connectivity index (χ0) is 13.0. The molecule has 0 saturated heterocycles. The van der Waals surface area contributed by atoms with Crippen molar-refractivity contribution in [2.45, 2.75) is 5.25 Å². The smallest absolute Gasteiger partial charge is 0.337 e. The Morgan fingerprint density at radius 2 is 1.67 bits per heavy atom. The molecule has 0 aliphatic heterocycles. The van der Waals surface area contributed by atoms with Gasteiger partial charge in [-0.1, -0.05) is 12.1 Å². The number of hydrogen-bond donors (Lipinski definition) is 1. The summed E-state index contributed by atoms with van der Waals surface area (Å²) in [5.74, 6) is -0.332. The number of esters is 1. The van der Waals surface area contributed by atoms with Gasteiger partial charge in [-0.25, -0.2) is 4.79 Å². The molecule has 0 bridgehead atoms. The number of carbonyl (C=O) groups is 1. The molecule has 0 saturated carbocycles. The lowest BCUT2D eigenvalue weighted by Gasteiger charge is -2.11. The number of thiol groups is 1. The Morgan fingerprint density at radius 1 is 1.11 bits per heavy atom. The van der Waals surface area contributed by atoms with Crippen molar-refractivity contribution < 1.29 is 9.53 Å². The van der Waals surface area contributed by atoms with E-state index >= 15 is 0 Å². The Labute approximate surface area is 111 Å². The van der Waals surface area contributed by atoms with Gasteiger partial charge in [0, 0.05) is 12.4 Å². The van der Waals surface area contributed by atoms with Crippen molar-refractivity contribution in [1.82, 2.24) is 4.98 Å². The average Bonchev–Trinajstić information content (AvgIpc) is 2.47. The van der Waals surface area contributed by atoms with Crippen LogP contribution in [0, 0.1) is 0 Å². The first-order chi connectivity index (χ1) is 8.72. The molecule has 1 atom stereocenters. The van der Waals surface area contributed by atoms with Gasteiger partial charge in [-0.3, -0.25) is 4.98 Å². The Morgan fingerprint density at radius 3 is 2.22 bits per heavy atom. The monoisotopic (exact) mass is 259 g/mol. The highest BCUT2D eigenvalue weighted by molar-refractivity contribution is 7.80. The number of aromatic nitrogens is 1. The standard InChI is InChI=1S/C14H13NO2S/c1-17-14(16)12-4-2-10(3-5-12)13(18)11-6-8-15-9-7-11/h2-9,13,18H,1H3. The van der Waals surface area contributed by atoms with Crippen molar-refractivity contribution in [3.8, 4) is 0 Å². The van der Waals surface area contributed by atoms with Gasteiger partial charge in [-0.05, 0) is 35.4 Å². The highest BCUT2D eigenvalue weighted by Crippen LogP contribution is 2.27. The van der Waals surface area contributed by atoms with Crippen molar-refractivity contribution in [1.29, 1.82) is 0 Å². The second kappa shape index (κ2) is 5.69. The maximum Gasteiger partial charge on any atom is 0.337 e. The summed E-state index contributed by atoms with van der Waals surface area (Å²) in [7, 11) is 1.37. The van der Waals surface area contributed by atoms with Gasteiger partial charge in [0.05, 0.1) is 17.9 Å². The third-order valence-electron chi connectivity index (χ3n) is 2.67. The van der Waals surface area contributed by atoms with E-state index in [-0.39, 0.29) is 11.2 Å². The van der Waals surface area contributed by atoms with Crippen LogP contribution in [-0.2, 0) is 4.74 Å². The topological polar surface area (TPSA) is 39.2 Å². The Balaban J connectivity index is 2.22. The SMILES string of the molecule is COC(=O)c1ccc(C(S)c2ccncc2)cc1. The molecule has 0 N–H and O–H groups in total. The fourth-order valence-corrected chi connectivity index (χ4v) is 2.00. The van der Waals surface area contributed by atoms with Crippen LogP contribution in [0.25, 0.3) is 0 Å². The molecule has 1 aromatic carbocycles. The molecule has 0 aliphatic rings. The van der Waals surface area contributed by atoms with Crippen LogP contribution in [0.2, 0.25) is 0 Å². The van der Waals surface area contributed by atoms with E-state index in [0.717, 1.165) is 11.1 Å². The molecule has 1 aromatic heterocycles. The highest BCUT2D eigenvalue weighted by Gasteiger charge is 2.10. The van der Waals surface area contributed by atoms with E-state index < -0.39 is 0 Å². The molecule has 1 heterocycles. The van der Waals surface area contributed by atoms with E-state index in [4.69, 9.17) is 0 Å². The lowest BCUT2D eigenvalue weighted by molar-refractivity contribution is 0.0600. The number of nitrogens with zero attached hydrogens (tertiary/aromatic N) is 1. The number of methoxy groups -OCH3 is 1. The average molecular weight is 259 g/mol. The number of benzene rings is 1. The molecule has 92 valence electrons. The molecule has 3 nitrogen and oxygen atoms in total. The maximum atomic E-state index is 11.3. The fraction of sp³-hybridized carbons (Fsp3) is 0.143. The van der Waals surface area contributed by atoms with Crippen molar-refractivity contribution in [3.05, 3.63) is 65.5 Å². The number of hydrogen-bond acceptors (Lipinski definition) is 4. The van der Waals surface area contributed by atoms with E-state index in [1.54, 1.807) is 24.5 Å². The van der Waals surface area contributed by atoms with Crippen LogP contribution in [0.15, 0.2) is 48.8 Å². The Hall–Kier alpha value is -1.81. The van der Waals surface area contributed by atoms with E-state index in [1.165, 1.54) is 7.11 Å². The molecule has 2 aromatic rings. The molecule has 4 heteroatoms. The molecule has 18 heavy (non-hydrogen) atoms. The number of rotatable bonds is 3. The highest BCUT2D eigenvalue weighted by atomic mass is 32.1. The van der Waals surface area contributed by atoms with Crippen molar-refractivity contribution in [2.75, 3.05) is 7.11 Å². The maximum absolute atomic E-state index is 11.3. The summed E-state index contributed by atoms with van der Waals surface area (Å²) in [6.45, 7) is 0. The second-order valence-corrected chi connectivity index (χ2v) is 4.31. The second-order valence-electron chi connectivity index (χ2n) is 3.80. The molecule has 0 amide bonds. The minimum absolute atomic E-state index is 0.0281. The third kappa shape index (κ3) is 2.71. The molecule has 1 unspecified atom stereocenters. The van der Waals surface area contributed by atoms with Crippen molar-refractivity contribution in [2.24, 2.45) is 0 Å². The van der Waals surface area contributed by atoms with Gasteiger partial charge >= 0.3 is 5.97 Å². The third-order valence-corrected chi connectivity index (χ3v) is 3.27. The van der Waals surface area contributed by atoms with Gasteiger partial charge in [0.2, 0.25) is 0 Å². The quantitative estimate of drug-likeness (QED) is 0.680. The Kier molecular flexibility index (Phi) is 3.99. The lowest BCUT2D eigenvalue weighted by atomic mass is 10.0. The first-order valence-corrected chi connectivity index (χ1v) is 6.00. The molecular weight excluding hydrogens is 246 g/mol. The van der Waals surface area contributed by atoms with Crippen molar-refractivity contribution >= 4 is 18.6 Å². The minimum atomic E-state index is -0.332. The fourth-order valence-electron chi connectivity index (χ4n) is 1.66. The molecule has 0 aliphatic carbocycles. The van der Waals surface area contributed by atoms with Crippen LogP contribution in [0.5, 0.6) is 0 Å². The molecular formula is C14H13NO2S. The summed E-state index contributed by atoms with van der Waals surface area (Å²) in [5, 5.41) is -0.0281. The molecule has 0 fully saturated rings. The zero-order valence-electron chi connectivity index (χ0n) is 9.91. The number of pyridine rings is 1. The summed E-state index contributed by atoms with van der Waals surface area (Å²) in [4.78, 5) is 15.3. The summed E-state index contributed by atoms with van der Waals surface area (Å²) in [6.07, 6.45) is 3.47. The van der Waals surface area contributed by atoms with E-state index in [1.807, 2.05) is 24.3 Å². The number of ether oxygens (including phenoxy) is 1. The number of carbonyl (C=O) groups excluding carboxylic acids is 1. The normalized spacial score (nSPS) is 11.9. The van der Waals surface area contributed by atoms with E-state index in [9.17, 15) is 4.79 Å². The lowest BCUT2D eigenvalue weighted by Crippen LogP contribution is -2.01. The summed E-state index contributed by atoms with van der Waals surface area (Å²) in [6, 6.07) is 11.1. The summed E-state index contributed by atoms with van der Waals surface area (Å²) < 4.78 is 4.65. The van der Waals surface area contributed by atoms with Crippen LogP contribution in [0.1, 0.15) is 26.7 Å². The zero-order valence-corrected chi connectivity index (χ0v) is 10.8. The minimum Gasteiger partial charge on any atom is -0.465 e. The van der Waals surface area contributed by atoms with Crippen LogP contribution in [-0.4, -0.2) is 18.1 Å². The van der Waals surface area contributed by atoms with Gasteiger partial charge in [0.15, 0.2) is 0 Å². The van der Waals surface area contributed by atoms with Crippen LogP contribution in [0.3, 0.4) is 0 Å². The predicted octanol–water partition coefficient (Wildman–Crippen LogP) is 2.89. The van der Waals surface area contributed by atoms with Crippen LogP contribution >= 0.6 is 12.6 Å². The Bertz CT molecular complexity index is 525. The largest absolute Gasteiger partial charge is 0.465 e. The first-order valence-electron chi connectivity index (χ1n) is 5.48. The van der Waals surface area contributed by atoms with Gasteiger partial charge in [0.25, 0.3) is 0 Å². The van der Waals surface area contributed by atoms with E-state index in [0.29, 0.717) is 5.56 Å².